The Labute approximate surface area is 177 Å². The van der Waals surface area contributed by atoms with E-state index in [2.05, 4.69) is 9.97 Å². The molecule has 2 amide bonds. The largest absolute Gasteiger partial charge is 0.453 e. The maximum atomic E-state index is 12.7. The lowest BCUT2D eigenvalue weighted by atomic mass is 10.1. The zero-order chi connectivity index (χ0) is 20.9. The summed E-state index contributed by atoms with van der Waals surface area (Å²) in [4.78, 5) is 37.1. The zero-order valence-electron chi connectivity index (χ0n) is 16.1. The van der Waals surface area contributed by atoms with Crippen molar-refractivity contribution in [3.63, 3.8) is 0 Å². The lowest BCUT2D eigenvalue weighted by molar-refractivity contribution is 0.0924. The molecule has 0 N–H and O–H groups in total. The number of para-hydroxylation sites is 4. The van der Waals surface area contributed by atoms with Crippen LogP contribution in [0.2, 0.25) is 0 Å². The fourth-order valence-corrected chi connectivity index (χ4v) is 3.90. The molecular weight excluding hydrogens is 392 g/mol. The van der Waals surface area contributed by atoms with Crippen LogP contribution in [0.15, 0.2) is 85.2 Å². The molecular formula is C24H14N4O3. The van der Waals surface area contributed by atoms with Crippen LogP contribution in [-0.4, -0.2) is 21.8 Å². The van der Waals surface area contributed by atoms with E-state index in [4.69, 9.17) is 4.74 Å². The molecule has 0 saturated carbocycles. The molecule has 3 aromatic carbocycles. The first-order valence-corrected chi connectivity index (χ1v) is 9.68. The number of aromatic nitrogens is 2. The first kappa shape index (κ1) is 17.3. The Bertz CT molecular complexity index is 1290. The quantitative estimate of drug-likeness (QED) is 0.390. The van der Waals surface area contributed by atoms with Crippen LogP contribution in [0, 0.1) is 0 Å². The Morgan fingerprint density at radius 2 is 1.10 bits per heavy atom. The van der Waals surface area contributed by atoms with Gasteiger partial charge in [0.15, 0.2) is 11.5 Å². The number of carbonyl (C=O) groups is 2. The minimum atomic E-state index is -0.421. The van der Waals surface area contributed by atoms with E-state index in [0.717, 1.165) is 16.3 Å². The number of carbonyl (C=O) groups excluding carboxylic acids is 2. The number of ether oxygens (including phenoxy) is 1. The highest BCUT2D eigenvalue weighted by Crippen LogP contribution is 2.49. The highest BCUT2D eigenvalue weighted by atomic mass is 16.5. The molecule has 2 aliphatic heterocycles. The van der Waals surface area contributed by atoms with Crippen molar-refractivity contribution in [1.29, 1.82) is 0 Å². The molecule has 3 heterocycles. The third-order valence-corrected chi connectivity index (χ3v) is 5.31. The highest BCUT2D eigenvalue weighted by Gasteiger charge is 2.38. The number of rotatable bonds is 2. The van der Waals surface area contributed by atoms with Crippen LogP contribution < -0.4 is 14.5 Å². The summed E-state index contributed by atoms with van der Waals surface area (Å²) >= 11 is 0. The number of nitrogens with zero attached hydrogens (tertiary/aromatic N) is 4. The Morgan fingerprint density at radius 1 is 0.613 bits per heavy atom. The summed E-state index contributed by atoms with van der Waals surface area (Å²) in [7, 11) is 0. The molecule has 7 heteroatoms. The zero-order valence-corrected chi connectivity index (χ0v) is 16.1. The normalized spacial score (nSPS) is 14.1. The van der Waals surface area contributed by atoms with Crippen LogP contribution >= 0.6 is 0 Å². The van der Waals surface area contributed by atoms with E-state index in [9.17, 15) is 9.59 Å². The van der Waals surface area contributed by atoms with Crippen LogP contribution in [0.4, 0.5) is 23.0 Å². The SMILES string of the molecule is O=C1c2ccccc2C(=O)N1c1ncc(N2c3ccccc3Oc3ccccc32)cn1. The fraction of sp³-hybridized carbons (Fsp3) is 0. The van der Waals surface area contributed by atoms with Crippen molar-refractivity contribution in [1.82, 2.24) is 9.97 Å². The summed E-state index contributed by atoms with van der Waals surface area (Å²) in [6.45, 7) is 0. The van der Waals surface area contributed by atoms with Crippen molar-refractivity contribution in [2.45, 2.75) is 0 Å². The number of imide groups is 1. The van der Waals surface area contributed by atoms with Crippen molar-refractivity contribution in [3.8, 4) is 11.5 Å². The Balaban J connectivity index is 1.41. The van der Waals surface area contributed by atoms with Gasteiger partial charge < -0.3 is 9.64 Å². The predicted octanol–water partition coefficient (Wildman–Crippen LogP) is 4.85. The summed E-state index contributed by atoms with van der Waals surface area (Å²) in [5, 5.41) is 0. The highest BCUT2D eigenvalue weighted by molar-refractivity contribution is 6.33. The third kappa shape index (κ3) is 2.53. The van der Waals surface area contributed by atoms with Crippen LogP contribution in [-0.2, 0) is 0 Å². The number of amides is 2. The van der Waals surface area contributed by atoms with Gasteiger partial charge in [0.1, 0.15) is 0 Å². The molecule has 0 spiro atoms. The molecule has 1 aromatic heterocycles. The van der Waals surface area contributed by atoms with E-state index in [0.29, 0.717) is 28.3 Å². The topological polar surface area (TPSA) is 75.6 Å². The second kappa shape index (κ2) is 6.50. The number of benzene rings is 3. The predicted molar refractivity (Wildman–Crippen MR) is 114 cm³/mol. The molecule has 0 radical (unpaired) electrons. The maximum absolute atomic E-state index is 12.7. The number of anilines is 4. The first-order valence-electron chi connectivity index (χ1n) is 9.68. The molecule has 2 aliphatic rings. The molecule has 0 aliphatic carbocycles. The van der Waals surface area contributed by atoms with Gasteiger partial charge in [0, 0.05) is 0 Å². The van der Waals surface area contributed by atoms with E-state index in [1.165, 1.54) is 0 Å². The van der Waals surface area contributed by atoms with Crippen molar-refractivity contribution in [3.05, 3.63) is 96.3 Å². The van der Waals surface area contributed by atoms with Crippen molar-refractivity contribution >= 4 is 34.8 Å². The summed E-state index contributed by atoms with van der Waals surface area (Å²) in [6, 6.07) is 22.1. The second-order valence-electron chi connectivity index (χ2n) is 7.11. The van der Waals surface area contributed by atoms with E-state index < -0.39 is 11.8 Å². The average molecular weight is 406 g/mol. The van der Waals surface area contributed by atoms with E-state index in [-0.39, 0.29) is 5.95 Å². The summed E-state index contributed by atoms with van der Waals surface area (Å²) in [6.07, 6.45) is 3.20. The number of hydrogen-bond acceptors (Lipinski definition) is 6. The molecule has 31 heavy (non-hydrogen) atoms. The van der Waals surface area contributed by atoms with Gasteiger partial charge in [0.2, 0.25) is 5.95 Å². The smallest absolute Gasteiger partial charge is 0.268 e. The molecule has 0 fully saturated rings. The van der Waals surface area contributed by atoms with Gasteiger partial charge in [-0.05, 0) is 36.4 Å². The average Bonchev–Trinajstić information content (AvgIpc) is 3.08. The Morgan fingerprint density at radius 3 is 1.65 bits per heavy atom. The van der Waals surface area contributed by atoms with Gasteiger partial charge in [-0.3, -0.25) is 9.59 Å². The van der Waals surface area contributed by atoms with Crippen LogP contribution in [0.5, 0.6) is 11.5 Å². The van der Waals surface area contributed by atoms with Gasteiger partial charge in [-0.15, -0.1) is 0 Å². The minimum absolute atomic E-state index is 0.0461. The Hall–Kier alpha value is -4.52. The minimum Gasteiger partial charge on any atom is -0.453 e. The molecule has 7 nitrogen and oxygen atoms in total. The maximum Gasteiger partial charge on any atom is 0.268 e. The van der Waals surface area contributed by atoms with Crippen LogP contribution in [0.1, 0.15) is 20.7 Å². The molecule has 6 rings (SSSR count). The molecule has 4 aromatic rings. The van der Waals surface area contributed by atoms with Crippen molar-refractivity contribution in [2.75, 3.05) is 9.80 Å². The second-order valence-corrected chi connectivity index (χ2v) is 7.11. The summed E-state index contributed by atoms with van der Waals surface area (Å²) in [5.74, 6) is 0.631. The fourth-order valence-electron chi connectivity index (χ4n) is 3.90. The molecule has 0 unspecified atom stereocenters. The standard InChI is InChI=1S/C24H14N4O3/c29-22-16-7-1-2-8-17(16)23(30)28(22)24-25-13-15(14-26-24)27-18-9-3-5-11-20(18)31-21-12-6-4-10-19(21)27/h1-14H. The number of fused-ring (bicyclic) bond motifs is 3. The third-order valence-electron chi connectivity index (χ3n) is 5.31. The molecule has 148 valence electrons. The number of hydrogen-bond donors (Lipinski definition) is 0. The van der Waals surface area contributed by atoms with Crippen LogP contribution in [0.25, 0.3) is 0 Å². The summed E-state index contributed by atoms with van der Waals surface area (Å²) in [5.41, 5.74) is 3.09. The van der Waals surface area contributed by atoms with Gasteiger partial charge in [-0.1, -0.05) is 36.4 Å². The van der Waals surface area contributed by atoms with Gasteiger partial charge >= 0.3 is 0 Å². The molecule has 0 atom stereocenters. The van der Waals surface area contributed by atoms with Crippen molar-refractivity contribution in [2.24, 2.45) is 0 Å². The van der Waals surface area contributed by atoms with Crippen molar-refractivity contribution < 1.29 is 14.3 Å². The first-order chi connectivity index (χ1) is 15.2. The monoisotopic (exact) mass is 406 g/mol. The molecule has 0 saturated heterocycles. The summed E-state index contributed by atoms with van der Waals surface area (Å²) < 4.78 is 6.02. The van der Waals surface area contributed by atoms with E-state index in [1.807, 2.05) is 53.4 Å². The Kier molecular flexibility index (Phi) is 3.64. The van der Waals surface area contributed by atoms with E-state index >= 15 is 0 Å². The lowest BCUT2D eigenvalue weighted by Gasteiger charge is -2.32. The van der Waals surface area contributed by atoms with Gasteiger partial charge in [-0.25, -0.2) is 14.9 Å². The van der Waals surface area contributed by atoms with Gasteiger partial charge in [0.05, 0.1) is 40.6 Å². The van der Waals surface area contributed by atoms with Gasteiger partial charge in [0.25, 0.3) is 11.8 Å². The molecule has 0 bridgehead atoms. The lowest BCUT2D eigenvalue weighted by Crippen LogP contribution is -2.31. The van der Waals surface area contributed by atoms with E-state index in [1.54, 1.807) is 36.7 Å². The van der Waals surface area contributed by atoms with Crippen LogP contribution in [0.3, 0.4) is 0 Å². The van der Waals surface area contributed by atoms with Gasteiger partial charge in [-0.2, -0.15) is 0 Å².